The van der Waals surface area contributed by atoms with Crippen molar-refractivity contribution in [2.24, 2.45) is 4.99 Å². The number of pyridine rings is 1. The fraction of sp³-hybridized carbons (Fsp3) is 0.316. The number of aryl methyl sites for hydroxylation is 1. The topological polar surface area (TPSA) is 25.2 Å². The molecule has 1 aromatic carbocycles. The number of rotatable bonds is 5. The van der Waals surface area contributed by atoms with Crippen LogP contribution in [-0.4, -0.2) is 11.2 Å². The number of aromatic nitrogens is 1. The molecule has 0 aliphatic carbocycles. The summed E-state index contributed by atoms with van der Waals surface area (Å²) in [6.45, 7) is 7.91. The third-order valence-electron chi connectivity index (χ3n) is 2.90. The molecular formula is C19H24N2Rh. The molecule has 0 atom stereocenters. The molecule has 1 heterocycles. The molecule has 1 aromatic heterocycles. The molecule has 1 radical (unpaired) electrons. The zero-order valence-electron chi connectivity index (χ0n) is 13.4. The summed E-state index contributed by atoms with van der Waals surface area (Å²) >= 11 is 0. The van der Waals surface area contributed by atoms with Gasteiger partial charge in [0.1, 0.15) is 0 Å². The molecule has 3 heteroatoms. The van der Waals surface area contributed by atoms with Gasteiger partial charge in [0.05, 0.1) is 5.82 Å². The molecular weight excluding hydrogens is 359 g/mol. The van der Waals surface area contributed by atoms with Crippen LogP contribution in [0, 0.1) is 13.8 Å². The van der Waals surface area contributed by atoms with Crippen LogP contribution in [0.5, 0.6) is 0 Å². The summed E-state index contributed by atoms with van der Waals surface area (Å²) in [6.07, 6.45) is 9.77. The number of hydrogen-bond acceptors (Lipinski definition) is 2. The van der Waals surface area contributed by atoms with E-state index in [2.05, 4.69) is 30.0 Å². The quantitative estimate of drug-likeness (QED) is 0.293. The molecule has 119 valence electrons. The first-order valence-electron chi connectivity index (χ1n) is 7.50. The Morgan fingerprint density at radius 3 is 2.36 bits per heavy atom. The standard InChI is InChI=1S/C13H11N2.C6H13.Rh/c1-11-6-5-9-14-13(11)15-10-12-7-3-2-4-8-12;1-3-5-6-4-2;/h2-9H,1H3;1,3-6H2,2H3;/q2*-1;+2. The van der Waals surface area contributed by atoms with Crippen molar-refractivity contribution in [3.05, 3.63) is 66.7 Å². The van der Waals surface area contributed by atoms with E-state index in [1.807, 2.05) is 49.4 Å². The van der Waals surface area contributed by atoms with Gasteiger partial charge in [-0.05, 0) is 24.8 Å². The van der Waals surface area contributed by atoms with E-state index >= 15 is 0 Å². The predicted molar refractivity (Wildman–Crippen MR) is 91.1 cm³/mol. The minimum absolute atomic E-state index is 0. The fourth-order valence-corrected chi connectivity index (χ4v) is 1.65. The van der Waals surface area contributed by atoms with E-state index in [1.165, 1.54) is 19.3 Å². The smallest absolute Gasteiger partial charge is 0.343 e. The second kappa shape index (κ2) is 13.3. The molecule has 0 saturated heterocycles. The zero-order valence-corrected chi connectivity index (χ0v) is 15.0. The Morgan fingerprint density at radius 1 is 1.09 bits per heavy atom. The van der Waals surface area contributed by atoms with Gasteiger partial charge < -0.3 is 11.9 Å². The summed E-state index contributed by atoms with van der Waals surface area (Å²) in [5.41, 5.74) is 2.02. The first-order valence-corrected chi connectivity index (χ1v) is 7.50. The average molecular weight is 383 g/mol. The second-order valence-corrected chi connectivity index (χ2v) is 4.79. The third kappa shape index (κ3) is 8.84. The summed E-state index contributed by atoms with van der Waals surface area (Å²) in [7, 11) is 0. The number of hydrogen-bond donors (Lipinski definition) is 0. The van der Waals surface area contributed by atoms with Crippen LogP contribution in [0.3, 0.4) is 0 Å². The molecule has 0 aliphatic heterocycles. The van der Waals surface area contributed by atoms with Crippen LogP contribution in [0.15, 0.2) is 53.7 Å². The van der Waals surface area contributed by atoms with Crippen molar-refractivity contribution in [3.8, 4) is 0 Å². The summed E-state index contributed by atoms with van der Waals surface area (Å²) in [4.78, 5) is 8.38. The van der Waals surface area contributed by atoms with Crippen molar-refractivity contribution in [3.63, 3.8) is 0 Å². The van der Waals surface area contributed by atoms with Crippen molar-refractivity contribution in [2.75, 3.05) is 0 Å². The largest absolute Gasteiger partial charge is 2.00 e. The summed E-state index contributed by atoms with van der Waals surface area (Å²) in [5, 5.41) is 0. The first kappa shape index (κ1) is 20.7. The SMILES string of the molecule is Cc1cccnc1N=[C-]c1ccccc1.[CH2-]CCCCC.[Rh+2]. The van der Waals surface area contributed by atoms with Crippen LogP contribution in [0.1, 0.15) is 43.7 Å². The molecule has 0 saturated carbocycles. The van der Waals surface area contributed by atoms with Crippen molar-refractivity contribution < 1.29 is 19.5 Å². The van der Waals surface area contributed by atoms with Gasteiger partial charge in [0.2, 0.25) is 0 Å². The van der Waals surface area contributed by atoms with Crippen molar-refractivity contribution >= 4 is 12.0 Å². The maximum Gasteiger partial charge on any atom is 2.00 e. The van der Waals surface area contributed by atoms with E-state index in [0.717, 1.165) is 23.4 Å². The van der Waals surface area contributed by atoms with Gasteiger partial charge in [0.25, 0.3) is 0 Å². The van der Waals surface area contributed by atoms with Gasteiger partial charge in [0, 0.05) is 6.20 Å². The van der Waals surface area contributed by atoms with Crippen molar-refractivity contribution in [2.45, 2.75) is 39.5 Å². The normalized spacial score (nSPS) is 9.77. The summed E-state index contributed by atoms with van der Waals surface area (Å²) in [6, 6.07) is 13.7. The molecule has 22 heavy (non-hydrogen) atoms. The monoisotopic (exact) mass is 383 g/mol. The Bertz CT molecular complexity index is 520. The minimum Gasteiger partial charge on any atom is -0.343 e. The third-order valence-corrected chi connectivity index (χ3v) is 2.90. The van der Waals surface area contributed by atoms with Gasteiger partial charge >= 0.3 is 19.5 Å². The minimum atomic E-state index is 0. The predicted octanol–water partition coefficient (Wildman–Crippen LogP) is 5.42. The molecule has 0 bridgehead atoms. The number of nitrogens with zero attached hydrogens (tertiary/aromatic N) is 2. The number of unbranched alkanes of at least 4 members (excludes halogenated alkanes) is 3. The molecule has 0 spiro atoms. The van der Waals surface area contributed by atoms with E-state index in [9.17, 15) is 0 Å². The number of aliphatic imine (C=N–C) groups is 1. The Labute approximate surface area is 147 Å². The maximum atomic E-state index is 4.21. The van der Waals surface area contributed by atoms with Gasteiger partial charge in [-0.3, -0.25) is 4.98 Å². The molecule has 0 aliphatic rings. The first-order chi connectivity index (χ1) is 10.3. The molecule has 2 aromatic rings. The zero-order chi connectivity index (χ0) is 15.3. The summed E-state index contributed by atoms with van der Waals surface area (Å²) in [5.74, 6) is 0.723. The molecule has 0 fully saturated rings. The van der Waals surface area contributed by atoms with Crippen LogP contribution in [0.25, 0.3) is 0 Å². The van der Waals surface area contributed by atoms with Gasteiger partial charge in [-0.15, -0.1) is 29.8 Å². The van der Waals surface area contributed by atoms with Crippen molar-refractivity contribution in [1.82, 2.24) is 4.98 Å². The molecule has 2 rings (SSSR count). The Hall–Kier alpha value is -1.34. The molecule has 0 amide bonds. The summed E-state index contributed by atoms with van der Waals surface area (Å²) < 4.78 is 0. The van der Waals surface area contributed by atoms with Crippen LogP contribution in [-0.2, 0) is 19.5 Å². The second-order valence-electron chi connectivity index (χ2n) is 4.79. The van der Waals surface area contributed by atoms with E-state index in [-0.39, 0.29) is 19.5 Å². The maximum absolute atomic E-state index is 4.21. The van der Waals surface area contributed by atoms with E-state index < -0.39 is 0 Å². The van der Waals surface area contributed by atoms with E-state index in [4.69, 9.17) is 0 Å². The van der Waals surface area contributed by atoms with Gasteiger partial charge in [-0.25, -0.2) is 0 Å². The molecule has 0 unspecified atom stereocenters. The molecule has 0 N–H and O–H groups in total. The molecule has 2 nitrogen and oxygen atoms in total. The van der Waals surface area contributed by atoms with Gasteiger partial charge in [0.15, 0.2) is 0 Å². The van der Waals surface area contributed by atoms with Crippen LogP contribution in [0.4, 0.5) is 5.82 Å². The number of benzene rings is 1. The Kier molecular flexibility index (Phi) is 12.5. The average Bonchev–Trinajstić information content (AvgIpc) is 2.54. The van der Waals surface area contributed by atoms with Crippen LogP contribution >= 0.6 is 0 Å². The van der Waals surface area contributed by atoms with E-state index in [0.29, 0.717) is 0 Å². The van der Waals surface area contributed by atoms with Crippen LogP contribution in [0.2, 0.25) is 0 Å². The Morgan fingerprint density at radius 2 is 1.82 bits per heavy atom. The van der Waals surface area contributed by atoms with Crippen LogP contribution < -0.4 is 0 Å². The van der Waals surface area contributed by atoms with Gasteiger partial charge in [-0.1, -0.05) is 38.3 Å². The van der Waals surface area contributed by atoms with Gasteiger partial charge in [-0.2, -0.15) is 6.42 Å². The fourth-order valence-electron chi connectivity index (χ4n) is 1.65. The van der Waals surface area contributed by atoms with E-state index in [1.54, 1.807) is 6.20 Å². The Balaban J connectivity index is 0.000000546. The van der Waals surface area contributed by atoms with Crippen molar-refractivity contribution in [1.29, 1.82) is 0 Å².